The number of nitrogens with one attached hydrogen (secondary N) is 3. The van der Waals surface area contributed by atoms with Gasteiger partial charge in [-0.2, -0.15) is 0 Å². The summed E-state index contributed by atoms with van der Waals surface area (Å²) < 4.78 is 0. The molecule has 3 N–H and O–H groups in total. The number of rotatable bonds is 7. The third-order valence-electron chi connectivity index (χ3n) is 4.72. The Balaban J connectivity index is 1.85. The van der Waals surface area contributed by atoms with E-state index in [4.69, 9.17) is 23.2 Å². The maximum Gasteiger partial charge on any atom is 0.257 e. The van der Waals surface area contributed by atoms with Gasteiger partial charge < -0.3 is 10.6 Å². The highest BCUT2D eigenvalue weighted by Gasteiger charge is 2.16. The van der Waals surface area contributed by atoms with Crippen molar-refractivity contribution >= 4 is 68.8 Å². The van der Waals surface area contributed by atoms with Crippen molar-refractivity contribution in [2.24, 2.45) is 11.8 Å². The number of aromatic nitrogens is 1. The van der Waals surface area contributed by atoms with Crippen LogP contribution in [0.4, 0.5) is 16.5 Å². The number of hydrogen-bond donors (Lipinski definition) is 3. The summed E-state index contributed by atoms with van der Waals surface area (Å²) in [5.41, 5.74) is 2.47. The Labute approximate surface area is 211 Å². The summed E-state index contributed by atoms with van der Waals surface area (Å²) in [7, 11) is 0. The molecule has 3 rings (SSSR count). The van der Waals surface area contributed by atoms with Gasteiger partial charge in [-0.05, 0) is 30.3 Å². The molecule has 0 unspecified atom stereocenters. The SMILES string of the molecule is CC(C)C(=O)Nc1cc(NC(=O)C(C)C)cc(C(=O)Nc2nc(-c3ccc(Cl)c(Cl)c3)cs2)c1. The van der Waals surface area contributed by atoms with E-state index < -0.39 is 5.91 Å². The molecule has 34 heavy (non-hydrogen) atoms. The van der Waals surface area contributed by atoms with Crippen molar-refractivity contribution in [3.05, 3.63) is 57.4 Å². The predicted molar refractivity (Wildman–Crippen MR) is 139 cm³/mol. The molecule has 0 spiro atoms. The minimum atomic E-state index is -0.435. The summed E-state index contributed by atoms with van der Waals surface area (Å²) in [5.74, 6) is -1.34. The molecule has 0 atom stereocenters. The van der Waals surface area contributed by atoms with Gasteiger partial charge in [-0.3, -0.25) is 19.7 Å². The molecule has 0 fully saturated rings. The molecule has 0 aliphatic carbocycles. The van der Waals surface area contributed by atoms with Crippen LogP contribution in [0.3, 0.4) is 0 Å². The summed E-state index contributed by atoms with van der Waals surface area (Å²) in [6.45, 7) is 7.06. The molecule has 0 saturated carbocycles. The van der Waals surface area contributed by atoms with E-state index in [2.05, 4.69) is 20.9 Å². The molecule has 2 aromatic carbocycles. The average Bonchev–Trinajstić information content (AvgIpc) is 3.23. The highest BCUT2D eigenvalue weighted by molar-refractivity contribution is 7.14. The molecular formula is C24H24Cl2N4O3S. The third kappa shape index (κ3) is 6.56. The van der Waals surface area contributed by atoms with Gasteiger partial charge in [-0.25, -0.2) is 4.98 Å². The van der Waals surface area contributed by atoms with Crippen LogP contribution in [0.2, 0.25) is 10.0 Å². The zero-order chi connectivity index (χ0) is 25.0. The zero-order valence-corrected chi connectivity index (χ0v) is 21.4. The first-order valence-electron chi connectivity index (χ1n) is 10.5. The number of anilines is 3. The zero-order valence-electron chi connectivity index (χ0n) is 19.0. The minimum Gasteiger partial charge on any atom is -0.326 e. The van der Waals surface area contributed by atoms with Crippen LogP contribution in [-0.4, -0.2) is 22.7 Å². The Morgan fingerprint density at radius 2 is 1.41 bits per heavy atom. The van der Waals surface area contributed by atoms with Crippen molar-refractivity contribution in [2.45, 2.75) is 27.7 Å². The maximum atomic E-state index is 13.0. The van der Waals surface area contributed by atoms with Gasteiger partial charge in [-0.1, -0.05) is 57.0 Å². The van der Waals surface area contributed by atoms with Gasteiger partial charge in [0.15, 0.2) is 5.13 Å². The highest BCUT2D eigenvalue weighted by Crippen LogP contribution is 2.31. The van der Waals surface area contributed by atoms with Crippen LogP contribution in [0, 0.1) is 11.8 Å². The number of carbonyl (C=O) groups is 3. The van der Waals surface area contributed by atoms with Gasteiger partial charge in [0.1, 0.15) is 0 Å². The molecule has 10 heteroatoms. The number of thiazole rings is 1. The fraction of sp³-hybridized carbons (Fsp3) is 0.250. The van der Waals surface area contributed by atoms with Crippen molar-refractivity contribution in [3.8, 4) is 11.3 Å². The lowest BCUT2D eigenvalue weighted by atomic mass is 10.1. The number of hydrogen-bond acceptors (Lipinski definition) is 5. The first kappa shape index (κ1) is 25.7. The van der Waals surface area contributed by atoms with Crippen LogP contribution in [0.15, 0.2) is 41.8 Å². The summed E-state index contributed by atoms with van der Waals surface area (Å²) in [5, 5.41) is 11.3. The van der Waals surface area contributed by atoms with E-state index >= 15 is 0 Å². The molecule has 3 amide bonds. The van der Waals surface area contributed by atoms with E-state index in [9.17, 15) is 14.4 Å². The highest BCUT2D eigenvalue weighted by atomic mass is 35.5. The second kappa shape index (κ2) is 11.0. The second-order valence-electron chi connectivity index (χ2n) is 8.21. The van der Waals surface area contributed by atoms with E-state index in [1.807, 2.05) is 0 Å². The lowest BCUT2D eigenvalue weighted by Gasteiger charge is -2.14. The van der Waals surface area contributed by atoms with E-state index in [0.717, 1.165) is 5.56 Å². The smallest absolute Gasteiger partial charge is 0.257 e. The fourth-order valence-corrected chi connectivity index (χ4v) is 3.78. The molecule has 0 aliphatic rings. The van der Waals surface area contributed by atoms with Gasteiger partial charge in [0.05, 0.1) is 15.7 Å². The monoisotopic (exact) mass is 518 g/mol. The van der Waals surface area contributed by atoms with Crippen LogP contribution in [0.25, 0.3) is 11.3 Å². The summed E-state index contributed by atoms with van der Waals surface area (Å²) in [4.78, 5) is 41.8. The van der Waals surface area contributed by atoms with Gasteiger partial charge in [-0.15, -0.1) is 11.3 Å². The lowest BCUT2D eigenvalue weighted by molar-refractivity contribution is -0.119. The first-order chi connectivity index (χ1) is 16.0. The van der Waals surface area contributed by atoms with Crippen LogP contribution in [0.1, 0.15) is 38.1 Å². The number of amides is 3. The molecule has 3 aromatic rings. The Morgan fingerprint density at radius 1 is 0.824 bits per heavy atom. The standard InChI is InChI=1S/C24H24Cl2N4O3S/c1-12(2)21(31)27-16-7-15(8-17(10-16)28-22(32)13(3)4)23(33)30-24-29-20(11-34-24)14-5-6-18(25)19(26)9-14/h5-13H,1-4H3,(H,27,31)(H,28,32)(H,29,30,33). The molecule has 7 nitrogen and oxygen atoms in total. The van der Waals surface area contributed by atoms with E-state index in [1.165, 1.54) is 11.3 Å². The van der Waals surface area contributed by atoms with Crippen molar-refractivity contribution in [3.63, 3.8) is 0 Å². The number of carbonyl (C=O) groups excluding carboxylic acids is 3. The van der Waals surface area contributed by atoms with Crippen LogP contribution < -0.4 is 16.0 Å². The lowest BCUT2D eigenvalue weighted by Crippen LogP contribution is -2.21. The van der Waals surface area contributed by atoms with Crippen LogP contribution >= 0.6 is 34.5 Å². The Morgan fingerprint density at radius 3 is 1.94 bits per heavy atom. The van der Waals surface area contributed by atoms with Gasteiger partial charge in [0.2, 0.25) is 11.8 Å². The molecule has 0 radical (unpaired) electrons. The Kier molecular flexibility index (Phi) is 8.30. The summed E-state index contributed by atoms with van der Waals surface area (Å²) in [6, 6.07) is 9.89. The van der Waals surface area contributed by atoms with Crippen molar-refractivity contribution in [2.75, 3.05) is 16.0 Å². The molecule has 0 aliphatic heterocycles. The normalized spacial score (nSPS) is 10.9. The Bertz CT molecular complexity index is 1200. The second-order valence-corrected chi connectivity index (χ2v) is 9.88. The molecule has 1 heterocycles. The van der Waals surface area contributed by atoms with Crippen LogP contribution in [-0.2, 0) is 9.59 Å². The van der Waals surface area contributed by atoms with E-state index in [0.29, 0.717) is 32.2 Å². The largest absolute Gasteiger partial charge is 0.326 e. The number of benzene rings is 2. The summed E-state index contributed by atoms with van der Waals surface area (Å²) in [6.07, 6.45) is 0. The van der Waals surface area contributed by atoms with Gasteiger partial charge in [0, 0.05) is 39.7 Å². The molecule has 178 valence electrons. The van der Waals surface area contributed by atoms with Gasteiger partial charge >= 0.3 is 0 Å². The topological polar surface area (TPSA) is 100 Å². The van der Waals surface area contributed by atoms with Gasteiger partial charge in [0.25, 0.3) is 5.91 Å². The van der Waals surface area contributed by atoms with Crippen LogP contribution in [0.5, 0.6) is 0 Å². The molecule has 0 bridgehead atoms. The van der Waals surface area contributed by atoms with Crippen molar-refractivity contribution in [1.29, 1.82) is 0 Å². The van der Waals surface area contributed by atoms with Crippen molar-refractivity contribution in [1.82, 2.24) is 4.98 Å². The maximum absolute atomic E-state index is 13.0. The number of halogens is 2. The fourth-order valence-electron chi connectivity index (χ4n) is 2.76. The molecular weight excluding hydrogens is 495 g/mol. The summed E-state index contributed by atoms with van der Waals surface area (Å²) >= 11 is 13.3. The molecule has 0 saturated heterocycles. The first-order valence-corrected chi connectivity index (χ1v) is 12.2. The third-order valence-corrected chi connectivity index (χ3v) is 6.22. The van der Waals surface area contributed by atoms with E-state index in [-0.39, 0.29) is 29.2 Å². The predicted octanol–water partition coefficient (Wildman–Crippen LogP) is 6.56. The average molecular weight is 519 g/mol. The van der Waals surface area contributed by atoms with Crippen molar-refractivity contribution < 1.29 is 14.4 Å². The quantitative estimate of drug-likeness (QED) is 0.329. The Hall–Kier alpha value is -2.94. The number of nitrogens with zero attached hydrogens (tertiary/aromatic N) is 1. The van der Waals surface area contributed by atoms with E-state index in [1.54, 1.807) is 69.5 Å². The molecule has 1 aromatic heterocycles. The minimum absolute atomic E-state index is 0.204.